The first-order chi connectivity index (χ1) is 8.06. The van der Waals surface area contributed by atoms with Crippen LogP contribution in [0.4, 0.5) is 15.8 Å². The SMILES string of the molecule is Cc1cc(F)cc(NC(=O)c2[nH]ncc2N)c1. The molecule has 2 aromatic rings. The normalized spacial score (nSPS) is 10.2. The molecule has 17 heavy (non-hydrogen) atoms. The van der Waals surface area contributed by atoms with Crippen LogP contribution in [-0.4, -0.2) is 16.1 Å². The molecule has 0 aliphatic heterocycles. The Kier molecular flexibility index (Phi) is 2.78. The molecule has 0 bridgehead atoms. The zero-order valence-electron chi connectivity index (χ0n) is 9.12. The topological polar surface area (TPSA) is 83.8 Å². The van der Waals surface area contributed by atoms with Gasteiger partial charge in [-0.15, -0.1) is 0 Å². The number of aromatic amines is 1. The molecule has 1 aromatic carbocycles. The summed E-state index contributed by atoms with van der Waals surface area (Å²) in [6.45, 7) is 1.74. The van der Waals surface area contributed by atoms with Crippen molar-refractivity contribution in [3.63, 3.8) is 0 Å². The lowest BCUT2D eigenvalue weighted by molar-refractivity contribution is 0.102. The number of nitrogens with one attached hydrogen (secondary N) is 2. The minimum atomic E-state index is -0.454. The number of rotatable bonds is 2. The van der Waals surface area contributed by atoms with E-state index in [-0.39, 0.29) is 11.4 Å². The van der Waals surface area contributed by atoms with Crippen LogP contribution in [0.5, 0.6) is 0 Å². The molecule has 0 saturated carbocycles. The molecule has 0 unspecified atom stereocenters. The predicted octanol–water partition coefficient (Wildman–Crippen LogP) is 1.69. The molecule has 1 aromatic heterocycles. The van der Waals surface area contributed by atoms with Gasteiger partial charge in [0, 0.05) is 5.69 Å². The number of nitrogens with zero attached hydrogens (tertiary/aromatic N) is 1. The summed E-state index contributed by atoms with van der Waals surface area (Å²) in [5, 5.41) is 8.65. The number of amides is 1. The van der Waals surface area contributed by atoms with Gasteiger partial charge in [-0.05, 0) is 30.7 Å². The number of hydrogen-bond acceptors (Lipinski definition) is 3. The molecule has 0 aliphatic rings. The zero-order chi connectivity index (χ0) is 12.4. The summed E-state index contributed by atoms with van der Waals surface area (Å²) in [5.74, 6) is -0.858. The van der Waals surface area contributed by atoms with Crippen molar-refractivity contribution in [3.05, 3.63) is 41.5 Å². The fraction of sp³-hybridized carbons (Fsp3) is 0.0909. The Bertz CT molecular complexity index is 544. The van der Waals surface area contributed by atoms with E-state index < -0.39 is 11.7 Å². The van der Waals surface area contributed by atoms with Crippen LogP contribution in [0.3, 0.4) is 0 Å². The van der Waals surface area contributed by atoms with Crippen LogP contribution in [0.25, 0.3) is 0 Å². The van der Waals surface area contributed by atoms with Gasteiger partial charge in [0.05, 0.1) is 11.9 Å². The zero-order valence-corrected chi connectivity index (χ0v) is 9.12. The summed E-state index contributed by atoms with van der Waals surface area (Å²) in [6, 6.07) is 4.27. The van der Waals surface area contributed by atoms with E-state index in [9.17, 15) is 9.18 Å². The van der Waals surface area contributed by atoms with Crippen molar-refractivity contribution in [1.29, 1.82) is 0 Å². The summed E-state index contributed by atoms with van der Waals surface area (Å²) in [4.78, 5) is 11.7. The van der Waals surface area contributed by atoms with E-state index in [1.54, 1.807) is 13.0 Å². The summed E-state index contributed by atoms with van der Waals surface area (Å²) in [6.07, 6.45) is 1.34. The second kappa shape index (κ2) is 4.25. The van der Waals surface area contributed by atoms with E-state index in [4.69, 9.17) is 5.73 Å². The minimum absolute atomic E-state index is 0.159. The van der Waals surface area contributed by atoms with Crippen molar-refractivity contribution < 1.29 is 9.18 Å². The summed E-state index contributed by atoms with van der Waals surface area (Å²) in [7, 11) is 0. The van der Waals surface area contributed by atoms with Crippen molar-refractivity contribution in [2.24, 2.45) is 0 Å². The van der Waals surface area contributed by atoms with E-state index >= 15 is 0 Å². The smallest absolute Gasteiger partial charge is 0.275 e. The molecule has 2 rings (SSSR count). The third-order valence-electron chi connectivity index (χ3n) is 2.20. The largest absolute Gasteiger partial charge is 0.396 e. The molecule has 5 nitrogen and oxygen atoms in total. The number of nitrogens with two attached hydrogens (primary N) is 1. The third-order valence-corrected chi connectivity index (χ3v) is 2.20. The Morgan fingerprint density at radius 1 is 1.47 bits per heavy atom. The van der Waals surface area contributed by atoms with Crippen LogP contribution in [0, 0.1) is 12.7 Å². The van der Waals surface area contributed by atoms with Gasteiger partial charge in [-0.3, -0.25) is 9.89 Å². The second-order valence-corrected chi connectivity index (χ2v) is 3.67. The number of anilines is 2. The number of aromatic nitrogens is 2. The van der Waals surface area contributed by atoms with Gasteiger partial charge in [0.25, 0.3) is 5.91 Å². The maximum absolute atomic E-state index is 13.1. The van der Waals surface area contributed by atoms with E-state index in [0.717, 1.165) is 5.56 Å². The van der Waals surface area contributed by atoms with E-state index in [2.05, 4.69) is 15.5 Å². The first-order valence-corrected chi connectivity index (χ1v) is 4.93. The fourth-order valence-electron chi connectivity index (χ4n) is 1.48. The van der Waals surface area contributed by atoms with Gasteiger partial charge in [-0.25, -0.2) is 4.39 Å². The highest BCUT2D eigenvalue weighted by Crippen LogP contribution is 2.15. The highest BCUT2D eigenvalue weighted by molar-refractivity contribution is 6.06. The van der Waals surface area contributed by atoms with E-state index in [0.29, 0.717) is 5.69 Å². The Labute approximate surface area is 96.8 Å². The van der Waals surface area contributed by atoms with Crippen LogP contribution in [0.1, 0.15) is 16.1 Å². The van der Waals surface area contributed by atoms with Gasteiger partial charge < -0.3 is 11.1 Å². The summed E-state index contributed by atoms with van der Waals surface area (Å²) in [5.41, 5.74) is 7.03. The van der Waals surface area contributed by atoms with Crippen LogP contribution >= 0.6 is 0 Å². The Morgan fingerprint density at radius 3 is 2.82 bits per heavy atom. The predicted molar refractivity (Wildman–Crippen MR) is 62.1 cm³/mol. The van der Waals surface area contributed by atoms with Crippen molar-refractivity contribution >= 4 is 17.3 Å². The average Bonchev–Trinajstić information content (AvgIpc) is 2.62. The van der Waals surface area contributed by atoms with E-state index in [1.165, 1.54) is 18.3 Å². The Balaban J connectivity index is 2.21. The maximum Gasteiger partial charge on any atom is 0.275 e. The van der Waals surface area contributed by atoms with Gasteiger partial charge in [-0.1, -0.05) is 0 Å². The van der Waals surface area contributed by atoms with Crippen molar-refractivity contribution in [1.82, 2.24) is 10.2 Å². The average molecular weight is 234 g/mol. The third kappa shape index (κ3) is 2.41. The van der Waals surface area contributed by atoms with Gasteiger partial charge in [0.1, 0.15) is 11.5 Å². The second-order valence-electron chi connectivity index (χ2n) is 3.67. The first kappa shape index (κ1) is 11.1. The maximum atomic E-state index is 13.1. The fourth-order valence-corrected chi connectivity index (χ4v) is 1.48. The number of aryl methyl sites for hydroxylation is 1. The molecular formula is C11H11FN4O. The Hall–Kier alpha value is -2.37. The highest BCUT2D eigenvalue weighted by Gasteiger charge is 2.12. The number of nitrogen functional groups attached to an aromatic ring is 1. The molecule has 88 valence electrons. The lowest BCUT2D eigenvalue weighted by atomic mass is 10.2. The highest BCUT2D eigenvalue weighted by atomic mass is 19.1. The lowest BCUT2D eigenvalue weighted by Crippen LogP contribution is -2.14. The van der Waals surface area contributed by atoms with Gasteiger partial charge >= 0.3 is 0 Å². The number of carbonyl (C=O) groups is 1. The summed E-state index contributed by atoms with van der Waals surface area (Å²) >= 11 is 0. The van der Waals surface area contributed by atoms with Crippen molar-refractivity contribution in [2.45, 2.75) is 6.92 Å². The number of halogens is 1. The first-order valence-electron chi connectivity index (χ1n) is 4.93. The number of benzene rings is 1. The Morgan fingerprint density at radius 2 is 2.24 bits per heavy atom. The molecule has 0 atom stereocenters. The lowest BCUT2D eigenvalue weighted by Gasteiger charge is -2.05. The molecule has 0 spiro atoms. The molecular weight excluding hydrogens is 223 g/mol. The van der Waals surface area contributed by atoms with Crippen LogP contribution in [0.15, 0.2) is 24.4 Å². The minimum Gasteiger partial charge on any atom is -0.396 e. The van der Waals surface area contributed by atoms with E-state index in [1.807, 2.05) is 0 Å². The monoisotopic (exact) mass is 234 g/mol. The van der Waals surface area contributed by atoms with Crippen LogP contribution in [0.2, 0.25) is 0 Å². The van der Waals surface area contributed by atoms with Crippen LogP contribution < -0.4 is 11.1 Å². The van der Waals surface area contributed by atoms with Crippen molar-refractivity contribution in [3.8, 4) is 0 Å². The molecule has 0 aliphatic carbocycles. The molecule has 0 radical (unpaired) electrons. The molecule has 1 amide bonds. The van der Waals surface area contributed by atoms with Crippen molar-refractivity contribution in [2.75, 3.05) is 11.1 Å². The quantitative estimate of drug-likeness (QED) is 0.739. The van der Waals surface area contributed by atoms with Crippen LogP contribution in [-0.2, 0) is 0 Å². The number of hydrogen-bond donors (Lipinski definition) is 3. The molecule has 0 fully saturated rings. The standard InChI is InChI=1S/C11H11FN4O/c1-6-2-7(12)4-8(3-6)15-11(17)10-9(13)5-14-16-10/h2-5H,13H2,1H3,(H,14,16)(H,15,17). The summed E-state index contributed by atoms with van der Waals surface area (Å²) < 4.78 is 13.1. The molecule has 0 saturated heterocycles. The molecule has 4 N–H and O–H groups in total. The van der Waals surface area contributed by atoms with Gasteiger partial charge in [0.15, 0.2) is 0 Å². The number of H-pyrrole nitrogens is 1. The van der Waals surface area contributed by atoms with Gasteiger partial charge in [-0.2, -0.15) is 5.10 Å². The number of carbonyl (C=O) groups excluding carboxylic acids is 1. The molecule has 6 heteroatoms. The van der Waals surface area contributed by atoms with Gasteiger partial charge in [0.2, 0.25) is 0 Å². The molecule has 1 heterocycles.